The number of hydrogen-bond acceptors (Lipinski definition) is 1. The molecule has 60 heavy (non-hydrogen) atoms. The maximum absolute atomic E-state index is 5.75. The fraction of sp³-hybridized carbons (Fsp3) is 0.582. The van der Waals surface area contributed by atoms with Crippen molar-refractivity contribution in [3.63, 3.8) is 0 Å². The molecule has 1 aliphatic carbocycles. The summed E-state index contributed by atoms with van der Waals surface area (Å²) in [5.41, 5.74) is 18.6. The van der Waals surface area contributed by atoms with Gasteiger partial charge in [-0.1, -0.05) is 115 Å². The topological polar surface area (TPSA) is 30.0 Å². The fourth-order valence-electron chi connectivity index (χ4n) is 12.8. The van der Waals surface area contributed by atoms with Gasteiger partial charge in [0.05, 0.1) is 30.1 Å². The Morgan fingerprint density at radius 3 is 1.95 bits per heavy atom. The minimum Gasteiger partial charge on any atom is -0.252 e. The van der Waals surface area contributed by atoms with Crippen LogP contribution in [0.3, 0.4) is 0 Å². The van der Waals surface area contributed by atoms with Gasteiger partial charge in [-0.25, -0.2) is 13.7 Å². The van der Waals surface area contributed by atoms with E-state index in [0.29, 0.717) is 0 Å². The normalized spacial score (nSPS) is 21.9. The van der Waals surface area contributed by atoms with Crippen molar-refractivity contribution < 1.29 is 9.13 Å². The third-order valence-corrected chi connectivity index (χ3v) is 17.8. The number of rotatable bonds is 7. The summed E-state index contributed by atoms with van der Waals surface area (Å²) in [4.78, 5) is 5.75. The second-order valence-electron chi connectivity index (χ2n) is 23.2. The van der Waals surface area contributed by atoms with Gasteiger partial charge in [0, 0.05) is 41.9 Å². The molecule has 0 radical (unpaired) electrons. The molecule has 0 saturated carbocycles. The van der Waals surface area contributed by atoms with Gasteiger partial charge in [-0.05, 0) is 109 Å². The van der Waals surface area contributed by atoms with Crippen molar-refractivity contribution in [3.8, 4) is 11.4 Å². The van der Waals surface area contributed by atoms with Crippen molar-refractivity contribution in [2.24, 2.45) is 12.5 Å². The Hall–Kier alpha value is -3.99. The number of pyridine rings is 2. The van der Waals surface area contributed by atoms with E-state index in [2.05, 4.69) is 199 Å². The molecule has 0 spiro atoms. The molecule has 2 aromatic carbocycles. The van der Waals surface area contributed by atoms with Gasteiger partial charge in [-0.2, -0.15) is 4.40 Å². The molecule has 0 fully saturated rings. The van der Waals surface area contributed by atoms with Crippen molar-refractivity contribution >= 4 is 27.6 Å². The highest BCUT2D eigenvalue weighted by Gasteiger charge is 2.61. The monoisotopic (exact) mass is 808 g/mol. The zero-order chi connectivity index (χ0) is 44.2. The molecular formula is C55H77N5+2. The highest BCUT2D eigenvalue weighted by molar-refractivity contribution is 5.99. The fourth-order valence-corrected chi connectivity index (χ4v) is 12.8. The molecule has 2 aliphatic rings. The van der Waals surface area contributed by atoms with Crippen LogP contribution < -0.4 is 9.13 Å². The number of aromatic nitrogens is 5. The quantitative estimate of drug-likeness (QED) is 0.148. The minimum atomic E-state index is -0.223. The van der Waals surface area contributed by atoms with Crippen LogP contribution in [0.2, 0.25) is 0 Å². The number of aryl methyl sites for hydroxylation is 1. The predicted molar refractivity (Wildman–Crippen MR) is 253 cm³/mol. The summed E-state index contributed by atoms with van der Waals surface area (Å²) >= 11 is 0. The summed E-state index contributed by atoms with van der Waals surface area (Å²) in [5, 5.41) is 1.37. The molecule has 320 valence electrons. The van der Waals surface area contributed by atoms with Gasteiger partial charge in [0.25, 0.3) is 11.5 Å². The molecule has 6 aromatic rings. The Morgan fingerprint density at radius 2 is 1.38 bits per heavy atom. The molecule has 5 heteroatoms. The third kappa shape index (κ3) is 5.19. The van der Waals surface area contributed by atoms with Gasteiger partial charge in [-0.3, -0.25) is 4.98 Å². The van der Waals surface area contributed by atoms with Crippen LogP contribution in [0.1, 0.15) is 180 Å². The first-order valence-electron chi connectivity index (χ1n) is 23.2. The van der Waals surface area contributed by atoms with E-state index in [4.69, 9.17) is 4.98 Å². The van der Waals surface area contributed by atoms with Gasteiger partial charge >= 0.3 is 0 Å². The lowest BCUT2D eigenvalue weighted by Crippen LogP contribution is -2.67. The SMILES string of the molecule is CCC1(CCCn2c(C)c(C)[n+](C)c2-c2ccccc2C)c2c(C)c(C(C)(C)C)nc3cc(C(C)(C)C)n4c5cc6c(cc5[n+](c4c23)C1(C)CC)C(C)(C)C(C)(C)C6(C)C. The van der Waals surface area contributed by atoms with E-state index in [1.807, 2.05) is 0 Å². The largest absolute Gasteiger partial charge is 0.297 e. The predicted octanol–water partition coefficient (Wildman–Crippen LogP) is 12.9. The van der Waals surface area contributed by atoms with Crippen molar-refractivity contribution in [1.82, 2.24) is 14.0 Å². The lowest BCUT2D eigenvalue weighted by atomic mass is 9.57. The second-order valence-corrected chi connectivity index (χ2v) is 23.2. The maximum atomic E-state index is 5.75. The molecule has 5 nitrogen and oxygen atoms in total. The van der Waals surface area contributed by atoms with Crippen LogP contribution in [0.25, 0.3) is 39.0 Å². The van der Waals surface area contributed by atoms with Crippen molar-refractivity contribution in [2.75, 3.05) is 0 Å². The summed E-state index contributed by atoms with van der Waals surface area (Å²) in [6, 6.07) is 16.7. The molecular weight excluding hydrogens is 731 g/mol. The maximum Gasteiger partial charge on any atom is 0.297 e. The standard InChI is InChI=1S/C55H77N5/c1-21-54(19)55(22-2,28-25-29-58-36(6)35(5)57(20)47(58)37-27-24-23-26-33(37)3)45-34(4)46(50(10,11)12)56-40-32-43(49(7,8)9)59-41-30-38-39(31-42(41)60(54)48(59)44(40)45)52(15,16)53(17,18)51(38,13)14/h23-24,26-27,30-32H,21-22,25,28-29H2,1-20H3/q+2. The van der Waals surface area contributed by atoms with E-state index in [9.17, 15) is 0 Å². The van der Waals surface area contributed by atoms with Crippen LogP contribution in [0.15, 0.2) is 42.5 Å². The Bertz CT molecular complexity index is 2770. The third-order valence-electron chi connectivity index (χ3n) is 17.8. The Kier molecular flexibility index (Phi) is 9.26. The molecule has 4 aromatic heterocycles. The van der Waals surface area contributed by atoms with E-state index in [1.54, 1.807) is 5.56 Å². The van der Waals surface area contributed by atoms with Crippen LogP contribution in [0, 0.1) is 33.1 Å². The highest BCUT2D eigenvalue weighted by atomic mass is 15.2. The van der Waals surface area contributed by atoms with Gasteiger partial charge in [-0.15, -0.1) is 0 Å². The molecule has 2 unspecified atom stereocenters. The Balaban J connectivity index is 1.48. The first kappa shape index (κ1) is 42.7. The van der Waals surface area contributed by atoms with E-state index in [1.165, 1.54) is 78.5 Å². The first-order chi connectivity index (χ1) is 27.7. The molecule has 0 amide bonds. The Morgan fingerprint density at radius 1 is 0.767 bits per heavy atom. The number of benzene rings is 2. The van der Waals surface area contributed by atoms with Gasteiger partial charge in [0.15, 0.2) is 11.0 Å². The first-order valence-corrected chi connectivity index (χ1v) is 23.2. The lowest BCUT2D eigenvalue weighted by Gasteiger charge is -2.50. The number of imidazole rings is 2. The highest BCUT2D eigenvalue weighted by Crippen LogP contribution is 2.63. The van der Waals surface area contributed by atoms with Crippen LogP contribution in [-0.2, 0) is 46.2 Å². The van der Waals surface area contributed by atoms with E-state index >= 15 is 0 Å². The van der Waals surface area contributed by atoms with E-state index in [0.717, 1.165) is 37.7 Å². The molecule has 8 rings (SSSR count). The molecule has 0 bridgehead atoms. The van der Waals surface area contributed by atoms with E-state index < -0.39 is 0 Å². The van der Waals surface area contributed by atoms with Crippen molar-refractivity contribution in [1.29, 1.82) is 0 Å². The summed E-state index contributed by atoms with van der Waals surface area (Å²) in [5.74, 6) is 1.31. The molecule has 0 N–H and O–H groups in total. The van der Waals surface area contributed by atoms with Gasteiger partial charge in [0.2, 0.25) is 0 Å². The summed E-state index contributed by atoms with van der Waals surface area (Å²) in [6.07, 6.45) is 4.22. The van der Waals surface area contributed by atoms with Crippen LogP contribution in [-0.4, -0.2) is 14.0 Å². The lowest BCUT2D eigenvalue weighted by molar-refractivity contribution is -0.729. The van der Waals surface area contributed by atoms with Crippen molar-refractivity contribution in [2.45, 2.75) is 196 Å². The van der Waals surface area contributed by atoms with Crippen molar-refractivity contribution in [3.05, 3.63) is 93.1 Å². The summed E-state index contributed by atoms with van der Waals surface area (Å²) < 4.78 is 10.6. The number of hydrogen-bond donors (Lipinski definition) is 0. The zero-order valence-corrected chi connectivity index (χ0v) is 41.3. The minimum absolute atomic E-state index is 0.00188. The van der Waals surface area contributed by atoms with Crippen LogP contribution >= 0.6 is 0 Å². The van der Waals surface area contributed by atoms with Crippen LogP contribution in [0.5, 0.6) is 0 Å². The molecule has 0 saturated heterocycles. The average molecular weight is 808 g/mol. The van der Waals surface area contributed by atoms with E-state index in [-0.39, 0.29) is 38.0 Å². The number of fused-ring (bicyclic) bond motifs is 4. The summed E-state index contributed by atoms with van der Waals surface area (Å²) in [6.45, 7) is 47.1. The van der Waals surface area contributed by atoms with Gasteiger partial charge in [0.1, 0.15) is 22.6 Å². The molecule has 5 heterocycles. The molecule has 2 atom stereocenters. The molecule has 1 aliphatic heterocycles. The zero-order valence-electron chi connectivity index (χ0n) is 41.3. The Labute approximate surface area is 362 Å². The van der Waals surface area contributed by atoms with Crippen LogP contribution in [0.4, 0.5) is 0 Å². The smallest absolute Gasteiger partial charge is 0.252 e. The number of nitrogens with zero attached hydrogens (tertiary/aromatic N) is 5. The average Bonchev–Trinajstić information content (AvgIpc) is 3.64. The van der Waals surface area contributed by atoms with Gasteiger partial charge < -0.3 is 0 Å². The summed E-state index contributed by atoms with van der Waals surface area (Å²) in [7, 11) is 2.25. The second kappa shape index (κ2) is 13.0.